The summed E-state index contributed by atoms with van der Waals surface area (Å²) in [6, 6.07) is -0.553. The molecule has 1 fully saturated rings. The fourth-order valence-electron chi connectivity index (χ4n) is 2.35. The predicted octanol–water partition coefficient (Wildman–Crippen LogP) is 2.15. The van der Waals surface area contributed by atoms with Gasteiger partial charge in [0.1, 0.15) is 11.6 Å². The molecule has 3 amide bonds. The van der Waals surface area contributed by atoms with Crippen molar-refractivity contribution in [3.63, 3.8) is 0 Å². The zero-order valence-corrected chi connectivity index (χ0v) is 19.5. The molecule has 0 saturated carbocycles. The summed E-state index contributed by atoms with van der Waals surface area (Å²) in [4.78, 5) is 64.7. The van der Waals surface area contributed by atoms with Gasteiger partial charge in [0.2, 0.25) is 0 Å². The molecular formula is C19H32N2O8Si. The molecule has 0 spiro atoms. The summed E-state index contributed by atoms with van der Waals surface area (Å²) in [6.07, 6.45) is -1.29. The molecule has 1 N–H and O–H groups in total. The second kappa shape index (κ2) is 10.6. The molecule has 1 atom stereocenters. The van der Waals surface area contributed by atoms with Gasteiger partial charge in [0.25, 0.3) is 11.8 Å². The van der Waals surface area contributed by atoms with Crippen molar-refractivity contribution in [2.45, 2.75) is 83.8 Å². The van der Waals surface area contributed by atoms with Crippen molar-refractivity contribution in [3.8, 4) is 0 Å². The van der Waals surface area contributed by atoms with Crippen LogP contribution in [0.15, 0.2) is 0 Å². The van der Waals surface area contributed by atoms with Crippen LogP contribution < -0.4 is 5.32 Å². The average molecular weight is 445 g/mol. The van der Waals surface area contributed by atoms with Gasteiger partial charge in [-0.1, -0.05) is 19.6 Å². The maximum Gasteiger partial charge on any atom is 0.407 e. The number of rotatable bonds is 9. The molecule has 30 heavy (non-hydrogen) atoms. The minimum Gasteiger partial charge on any atom is -0.460 e. The number of carbonyl (C=O) groups excluding carboxylic acids is 5. The topological polar surface area (TPSA) is 128 Å². The number of hydroxylamine groups is 2. The summed E-state index contributed by atoms with van der Waals surface area (Å²) >= 11 is 0. The Hall–Kier alpha value is -2.43. The number of hydrogen-bond donors (Lipinski definition) is 1. The van der Waals surface area contributed by atoms with Gasteiger partial charge in [-0.2, -0.15) is 0 Å². The van der Waals surface area contributed by atoms with Crippen molar-refractivity contribution in [3.05, 3.63) is 0 Å². The highest BCUT2D eigenvalue weighted by Gasteiger charge is 2.36. The van der Waals surface area contributed by atoms with Crippen LogP contribution in [0.2, 0.25) is 25.7 Å². The van der Waals surface area contributed by atoms with Crippen molar-refractivity contribution >= 4 is 37.9 Å². The van der Waals surface area contributed by atoms with Crippen molar-refractivity contribution in [2.24, 2.45) is 0 Å². The predicted molar refractivity (Wildman–Crippen MR) is 109 cm³/mol. The first-order valence-electron chi connectivity index (χ1n) is 9.91. The molecule has 1 aliphatic heterocycles. The van der Waals surface area contributed by atoms with Crippen LogP contribution in [0.4, 0.5) is 4.79 Å². The van der Waals surface area contributed by atoms with Gasteiger partial charge < -0.3 is 19.6 Å². The van der Waals surface area contributed by atoms with E-state index in [0.717, 1.165) is 6.04 Å². The molecule has 0 aliphatic carbocycles. The lowest BCUT2D eigenvalue weighted by molar-refractivity contribution is -0.199. The minimum absolute atomic E-state index is 0.0547. The van der Waals surface area contributed by atoms with Crippen LogP contribution in [0.5, 0.6) is 0 Å². The number of carbonyl (C=O) groups is 5. The highest BCUT2D eigenvalue weighted by molar-refractivity contribution is 6.76. The Bertz CT molecular complexity index is 665. The van der Waals surface area contributed by atoms with Crippen molar-refractivity contribution < 1.29 is 38.3 Å². The van der Waals surface area contributed by atoms with Crippen LogP contribution >= 0.6 is 0 Å². The number of nitrogens with zero attached hydrogens (tertiary/aromatic N) is 1. The molecule has 0 aromatic carbocycles. The molecule has 11 heteroatoms. The van der Waals surface area contributed by atoms with E-state index in [1.54, 1.807) is 20.8 Å². The summed E-state index contributed by atoms with van der Waals surface area (Å²) in [5, 5.41) is 2.74. The van der Waals surface area contributed by atoms with E-state index in [1.807, 2.05) is 0 Å². The third kappa shape index (κ3) is 9.86. The van der Waals surface area contributed by atoms with Gasteiger partial charge in [0, 0.05) is 27.3 Å². The van der Waals surface area contributed by atoms with Gasteiger partial charge in [-0.3, -0.25) is 14.4 Å². The first kappa shape index (κ1) is 25.6. The van der Waals surface area contributed by atoms with E-state index in [9.17, 15) is 24.0 Å². The molecule has 0 aromatic heterocycles. The molecule has 1 aliphatic rings. The lowest BCUT2D eigenvalue weighted by atomic mass is 10.1. The van der Waals surface area contributed by atoms with Crippen LogP contribution in [0.3, 0.4) is 0 Å². The molecule has 1 heterocycles. The molecular weight excluding hydrogens is 412 g/mol. The lowest BCUT2D eigenvalue weighted by Crippen LogP contribution is -2.46. The maximum atomic E-state index is 12.5. The van der Waals surface area contributed by atoms with E-state index >= 15 is 0 Å². The van der Waals surface area contributed by atoms with Crippen molar-refractivity contribution in [1.29, 1.82) is 0 Å². The Balaban J connectivity index is 2.73. The van der Waals surface area contributed by atoms with E-state index in [1.165, 1.54) is 0 Å². The summed E-state index contributed by atoms with van der Waals surface area (Å²) in [5.74, 6) is -2.89. The fourth-order valence-corrected chi connectivity index (χ4v) is 3.06. The Morgan fingerprint density at radius 3 is 2.17 bits per heavy atom. The van der Waals surface area contributed by atoms with Crippen molar-refractivity contribution in [2.75, 3.05) is 6.61 Å². The number of imide groups is 1. The summed E-state index contributed by atoms with van der Waals surface area (Å²) in [6.45, 7) is 11.7. The Kier molecular flexibility index (Phi) is 9.01. The van der Waals surface area contributed by atoms with Crippen LogP contribution in [0, 0.1) is 0 Å². The van der Waals surface area contributed by atoms with Gasteiger partial charge in [-0.25, -0.2) is 9.59 Å². The van der Waals surface area contributed by atoms with Gasteiger partial charge in [0.15, 0.2) is 0 Å². The molecule has 10 nitrogen and oxygen atoms in total. The van der Waals surface area contributed by atoms with Crippen LogP contribution in [0.25, 0.3) is 0 Å². The zero-order chi connectivity index (χ0) is 23.1. The minimum atomic E-state index is -1.42. The highest BCUT2D eigenvalue weighted by Crippen LogP contribution is 2.15. The van der Waals surface area contributed by atoms with Crippen LogP contribution in [-0.2, 0) is 33.5 Å². The summed E-state index contributed by atoms with van der Waals surface area (Å²) in [5.41, 5.74) is -0.704. The third-order valence-electron chi connectivity index (χ3n) is 3.91. The average Bonchev–Trinajstić information content (AvgIpc) is 2.87. The Labute approximate surface area is 177 Å². The lowest BCUT2D eigenvalue weighted by Gasteiger charge is -2.22. The van der Waals surface area contributed by atoms with E-state index < -0.39 is 49.6 Å². The Morgan fingerprint density at radius 1 is 1.10 bits per heavy atom. The highest BCUT2D eigenvalue weighted by atomic mass is 28.3. The van der Waals surface area contributed by atoms with Crippen LogP contribution in [0.1, 0.15) is 46.5 Å². The number of esters is 1. The van der Waals surface area contributed by atoms with E-state index in [-0.39, 0.29) is 32.3 Å². The smallest absolute Gasteiger partial charge is 0.407 e. The second-order valence-electron chi connectivity index (χ2n) is 9.26. The standard InChI is InChI=1S/C19H32N2O8Si/c1-19(2,3)28-16(24)10-7-13(20-18(26)27-11-12-30(4,5)6)17(25)29-21-14(22)8-9-15(21)23/h13H,7-12H2,1-6H3,(H,20,26)/t13-/m1/s1. The molecule has 1 rings (SSSR count). The second-order valence-corrected chi connectivity index (χ2v) is 14.9. The number of alkyl carbamates (subject to hydrolysis) is 1. The molecule has 1 saturated heterocycles. The van der Waals surface area contributed by atoms with Gasteiger partial charge in [0.05, 0.1) is 6.61 Å². The summed E-state index contributed by atoms with van der Waals surface area (Å²) in [7, 11) is -1.42. The number of ether oxygens (including phenoxy) is 2. The fraction of sp³-hybridized carbons (Fsp3) is 0.737. The van der Waals surface area contributed by atoms with Gasteiger partial charge in [-0.15, -0.1) is 5.06 Å². The maximum absolute atomic E-state index is 12.5. The molecule has 170 valence electrons. The molecule has 0 radical (unpaired) electrons. The van der Waals surface area contributed by atoms with Gasteiger partial charge >= 0.3 is 18.0 Å². The largest absolute Gasteiger partial charge is 0.460 e. The first-order valence-corrected chi connectivity index (χ1v) is 13.6. The zero-order valence-electron chi connectivity index (χ0n) is 18.5. The van der Waals surface area contributed by atoms with E-state index in [4.69, 9.17) is 14.3 Å². The monoisotopic (exact) mass is 444 g/mol. The first-order chi connectivity index (χ1) is 13.7. The van der Waals surface area contributed by atoms with Gasteiger partial charge in [-0.05, 0) is 33.2 Å². The quantitative estimate of drug-likeness (QED) is 0.325. The molecule has 0 aromatic rings. The Morgan fingerprint density at radius 2 is 1.67 bits per heavy atom. The summed E-state index contributed by atoms with van der Waals surface area (Å²) < 4.78 is 10.3. The third-order valence-corrected chi connectivity index (χ3v) is 5.61. The van der Waals surface area contributed by atoms with E-state index in [0.29, 0.717) is 5.06 Å². The molecule has 0 unspecified atom stereocenters. The van der Waals surface area contributed by atoms with Crippen molar-refractivity contribution in [1.82, 2.24) is 10.4 Å². The van der Waals surface area contributed by atoms with E-state index in [2.05, 4.69) is 25.0 Å². The number of amides is 3. The number of hydrogen-bond acceptors (Lipinski definition) is 8. The van der Waals surface area contributed by atoms with Crippen LogP contribution in [-0.4, -0.2) is 61.2 Å². The SMILES string of the molecule is CC(C)(C)OC(=O)CC[C@@H](NC(=O)OCC[Si](C)(C)C)C(=O)ON1C(=O)CCC1=O. The number of nitrogens with one attached hydrogen (secondary N) is 1. The molecule has 0 bridgehead atoms. The normalized spacial score (nSPS) is 15.6.